The number of carbonyl (C=O) groups is 2. The maximum absolute atomic E-state index is 15.5. The van der Waals surface area contributed by atoms with Crippen LogP contribution >= 0.6 is 11.8 Å². The highest BCUT2D eigenvalue weighted by molar-refractivity contribution is 8.00. The van der Waals surface area contributed by atoms with E-state index in [2.05, 4.69) is 90.6 Å². The van der Waals surface area contributed by atoms with E-state index in [9.17, 15) is 15.3 Å². The SMILES string of the molecule is CC[C@]1(O)C[C@H]2C[C@](C(=O)OC)(c3cc4c(cc3OC)N(C)[C@H]3[C@@](O)(C(=O)NCCC[Si](C)(C)O[Si](C)(C)CSc5ncc(COCCOCCOCCN=[N+]=[N-])cn5)[C@H](O)[C@]5(CC)C=CCN6CC[C@]43[C@@H]65)c3[nH]c4ccccc4c3CCN2C1. The second-order valence-corrected chi connectivity index (χ2v) is 35.7. The molecule has 2 saturated heterocycles. The van der Waals surface area contributed by atoms with E-state index in [4.69, 9.17) is 33.3 Å². The van der Waals surface area contributed by atoms with E-state index < -0.39 is 68.1 Å². The number of carbonyl (C=O) groups excluding carboxylic acids is 2. The van der Waals surface area contributed by atoms with Crippen LogP contribution in [0.3, 0.4) is 0 Å². The first-order valence-electron chi connectivity index (χ1n) is 30.3. The molecule has 3 fully saturated rings. The fourth-order valence-corrected chi connectivity index (χ4v) is 26.3. The zero-order chi connectivity index (χ0) is 60.6. The van der Waals surface area contributed by atoms with Gasteiger partial charge in [0.1, 0.15) is 17.3 Å². The van der Waals surface area contributed by atoms with Crippen LogP contribution in [0.1, 0.15) is 80.3 Å². The number of H-pyrrole nitrogens is 1. The summed E-state index contributed by atoms with van der Waals surface area (Å²) in [6.07, 6.45) is 9.89. The molecule has 1 saturated carbocycles. The number of ether oxygens (including phenoxy) is 5. The Morgan fingerprint density at radius 2 is 1.68 bits per heavy atom. The van der Waals surface area contributed by atoms with Crippen LogP contribution in [0.2, 0.25) is 32.2 Å². The Morgan fingerprint density at radius 3 is 2.40 bits per heavy atom. The largest absolute Gasteiger partial charge is 0.496 e. The van der Waals surface area contributed by atoms with Gasteiger partial charge in [0.25, 0.3) is 5.91 Å². The topological polar surface area (TPSA) is 262 Å². The van der Waals surface area contributed by atoms with E-state index in [0.717, 1.165) is 50.4 Å². The van der Waals surface area contributed by atoms with Crippen molar-refractivity contribution in [2.75, 3.05) is 104 Å². The molecule has 85 heavy (non-hydrogen) atoms. The molecular formula is C61H88N10O11SSi2. The first-order valence-corrected chi connectivity index (χ1v) is 37.5. The molecule has 0 unspecified atom stereocenters. The number of esters is 1. The summed E-state index contributed by atoms with van der Waals surface area (Å²) in [7, 11) is 0.458. The average molecular weight is 1230 g/mol. The number of aromatic nitrogens is 3. The van der Waals surface area contributed by atoms with E-state index >= 15 is 9.59 Å². The predicted molar refractivity (Wildman–Crippen MR) is 331 cm³/mol. The highest BCUT2D eigenvalue weighted by atomic mass is 32.2. The molecule has 4 aromatic rings. The summed E-state index contributed by atoms with van der Waals surface area (Å²) in [6, 6.07) is 11.6. The molecular weight excluding hydrogens is 1140 g/mol. The summed E-state index contributed by atoms with van der Waals surface area (Å²) in [5.41, 5.74) is 7.54. The third-order valence-electron chi connectivity index (χ3n) is 19.5. The number of likely N-dealkylation sites (N-methyl/N-ethyl adjacent to an activating group) is 1. The van der Waals surface area contributed by atoms with Crippen molar-refractivity contribution in [1.29, 1.82) is 0 Å². The molecule has 1 aliphatic carbocycles. The molecule has 5 N–H and O–H groups in total. The number of rotatable bonds is 26. The molecule has 0 bridgehead atoms. The van der Waals surface area contributed by atoms with Crippen LogP contribution in [0.4, 0.5) is 5.69 Å². The molecule has 462 valence electrons. The maximum atomic E-state index is 15.5. The quantitative estimate of drug-likeness (QED) is 0.00492. The number of methoxy groups -OCH3 is 2. The molecule has 1 spiro atoms. The van der Waals surface area contributed by atoms with Crippen LogP contribution in [0.25, 0.3) is 21.3 Å². The lowest BCUT2D eigenvalue weighted by molar-refractivity contribution is -0.203. The van der Waals surface area contributed by atoms with Crippen molar-refractivity contribution >= 4 is 56.9 Å². The number of azide groups is 1. The van der Waals surface area contributed by atoms with Gasteiger partial charge in [0.2, 0.25) is 0 Å². The zero-order valence-electron chi connectivity index (χ0n) is 51.0. The van der Waals surface area contributed by atoms with Crippen molar-refractivity contribution in [1.82, 2.24) is 30.1 Å². The van der Waals surface area contributed by atoms with Gasteiger partial charge in [0.15, 0.2) is 27.4 Å². The van der Waals surface area contributed by atoms with Gasteiger partial charge in [-0.2, -0.15) is 0 Å². The average Bonchev–Trinajstić information content (AvgIpc) is 1.59. The van der Waals surface area contributed by atoms with Gasteiger partial charge in [-0.3, -0.25) is 19.4 Å². The van der Waals surface area contributed by atoms with Crippen molar-refractivity contribution in [2.24, 2.45) is 10.5 Å². The number of hydrogen-bond acceptors (Lipinski definition) is 18. The van der Waals surface area contributed by atoms with Crippen LogP contribution in [0.5, 0.6) is 5.75 Å². The molecule has 24 heteroatoms. The number of amides is 1. The molecule has 7 heterocycles. The third-order valence-corrected chi connectivity index (χ3v) is 29.3. The fourth-order valence-electron chi connectivity index (χ4n) is 15.9. The van der Waals surface area contributed by atoms with E-state index in [1.807, 2.05) is 50.1 Å². The van der Waals surface area contributed by atoms with Crippen molar-refractivity contribution in [3.05, 3.63) is 99.3 Å². The van der Waals surface area contributed by atoms with Gasteiger partial charge < -0.3 is 58.3 Å². The summed E-state index contributed by atoms with van der Waals surface area (Å²) in [4.78, 5) is 53.4. The molecule has 5 aliphatic heterocycles. The number of nitrogens with zero attached hydrogens (tertiary/aromatic N) is 8. The lowest BCUT2D eigenvalue weighted by atomic mass is 9.47. The number of aliphatic hydroxyl groups is 3. The van der Waals surface area contributed by atoms with Gasteiger partial charge in [0, 0.05) is 125 Å². The lowest BCUT2D eigenvalue weighted by Gasteiger charge is -2.63. The smallest absolute Gasteiger partial charge is 0.322 e. The minimum Gasteiger partial charge on any atom is -0.496 e. The molecule has 2 aromatic carbocycles. The highest BCUT2D eigenvalue weighted by Crippen LogP contribution is 2.68. The Labute approximate surface area is 505 Å². The number of fused-ring (bicyclic) bond motifs is 5. The molecule has 21 nitrogen and oxygen atoms in total. The number of aromatic amines is 1. The monoisotopic (exact) mass is 1220 g/mol. The Hall–Kier alpha value is -4.93. The first kappa shape index (κ1) is 63.1. The summed E-state index contributed by atoms with van der Waals surface area (Å²) >= 11 is 1.58. The van der Waals surface area contributed by atoms with Crippen LogP contribution < -0.4 is 15.0 Å². The van der Waals surface area contributed by atoms with Crippen LogP contribution in [-0.4, -0.2) is 203 Å². The first-order chi connectivity index (χ1) is 40.7. The number of anilines is 1. The lowest BCUT2D eigenvalue weighted by Crippen LogP contribution is -2.81. The van der Waals surface area contributed by atoms with Crippen LogP contribution in [0.15, 0.2) is 71.2 Å². The second kappa shape index (κ2) is 25.3. The molecule has 2 aromatic heterocycles. The number of nitrogens with one attached hydrogen (secondary N) is 2. The number of aliphatic hydroxyl groups excluding tert-OH is 1. The predicted octanol–water partition coefficient (Wildman–Crippen LogP) is 6.91. The Bertz CT molecular complexity index is 3150. The minimum atomic E-state index is -2.30. The number of para-hydroxylation sites is 1. The summed E-state index contributed by atoms with van der Waals surface area (Å²) < 4.78 is 36.1. The molecule has 0 radical (unpaired) electrons. The van der Waals surface area contributed by atoms with Crippen LogP contribution in [-0.2, 0) is 56.5 Å². The van der Waals surface area contributed by atoms with E-state index in [0.29, 0.717) is 134 Å². The van der Waals surface area contributed by atoms with E-state index in [1.165, 1.54) is 7.11 Å². The van der Waals surface area contributed by atoms with Crippen molar-refractivity contribution in [3.63, 3.8) is 0 Å². The highest BCUT2D eigenvalue weighted by Gasteiger charge is 2.79. The molecule has 9 atom stereocenters. The van der Waals surface area contributed by atoms with Gasteiger partial charge in [-0.25, -0.2) is 9.97 Å². The minimum absolute atomic E-state index is 0.183. The van der Waals surface area contributed by atoms with Crippen LogP contribution in [0, 0.1) is 5.41 Å². The van der Waals surface area contributed by atoms with E-state index in [1.54, 1.807) is 31.3 Å². The maximum Gasteiger partial charge on any atom is 0.322 e. The molecule has 1 amide bonds. The van der Waals surface area contributed by atoms with Gasteiger partial charge in [-0.05, 0) is 113 Å². The number of benzene rings is 2. The summed E-state index contributed by atoms with van der Waals surface area (Å²) in [6.45, 7) is 18.4. The Kier molecular flexibility index (Phi) is 18.8. The zero-order valence-corrected chi connectivity index (χ0v) is 53.8. The molecule has 6 aliphatic rings. The fraction of sp³-hybridized carbons (Fsp3) is 0.639. The number of hydrogen-bond donors (Lipinski definition) is 5. The van der Waals surface area contributed by atoms with Gasteiger partial charge in [-0.15, -0.1) is 0 Å². The van der Waals surface area contributed by atoms with Crippen molar-refractivity contribution < 1.29 is 52.7 Å². The third kappa shape index (κ3) is 11.5. The van der Waals surface area contributed by atoms with Crippen molar-refractivity contribution in [2.45, 2.75) is 149 Å². The van der Waals surface area contributed by atoms with E-state index in [-0.39, 0.29) is 18.6 Å². The summed E-state index contributed by atoms with van der Waals surface area (Å²) in [5, 5.41) is 47.9. The van der Waals surface area contributed by atoms with Gasteiger partial charge in [0.05, 0.1) is 65.5 Å². The van der Waals surface area contributed by atoms with Crippen molar-refractivity contribution in [3.8, 4) is 5.75 Å². The second-order valence-electron chi connectivity index (χ2n) is 25.5. The van der Waals surface area contributed by atoms with Gasteiger partial charge >= 0.3 is 5.97 Å². The normalized spacial score (nSPS) is 28.9. The standard InChI is InChI=1S/C61H88N10O11SSi2/c1-10-57(75)34-42-35-60(55(74)78-5,50-44(18-24-71(42)39-57)43-16-12-13-17-47(43)67-50)46-32-45-48(33-49(46)77-4)69(3)52-59(45)20-25-70-23-14-19-58(11-2,51(59)70)53(72)61(52,76)54(73)63-21-15-31-84(6,7)82-85(8,9)40-83-56-64-36-41(37-65-56)38-81-30-29-80-28-27-79-26-22-66-68-62/h12-14,16-17,19,32-33,36-37,42,51-53,67,72,75-76H,10-11,15,18,20-31,34-35,38-40H2,1-9H3,(H,63,73)/t42-,51-,52+,53+,57-,58+,59+,60-,61-/m0/s1. The Balaban J connectivity index is 0.872. The number of thioether (sulfide) groups is 1. The Morgan fingerprint density at radius 1 is 0.941 bits per heavy atom. The van der Waals surface area contributed by atoms with Gasteiger partial charge in [-0.1, -0.05) is 61.1 Å². The molecule has 10 rings (SSSR count). The summed E-state index contributed by atoms with van der Waals surface area (Å²) in [5.74, 6) is -0.599.